The predicted octanol–water partition coefficient (Wildman–Crippen LogP) is 1.60. The Morgan fingerprint density at radius 1 is 1.17 bits per heavy atom. The highest BCUT2D eigenvalue weighted by Gasteiger charge is 2.14. The Bertz CT molecular complexity index is 713. The van der Waals surface area contributed by atoms with E-state index < -0.39 is 0 Å². The maximum absolute atomic E-state index is 11.0. The molecule has 2 heterocycles. The van der Waals surface area contributed by atoms with Crippen LogP contribution in [0, 0.1) is 0 Å². The van der Waals surface area contributed by atoms with Gasteiger partial charge in [0.15, 0.2) is 0 Å². The molecule has 1 aliphatic rings. The Balaban J connectivity index is 1.74. The molecule has 0 unspecified atom stereocenters. The van der Waals surface area contributed by atoms with E-state index in [2.05, 4.69) is 25.5 Å². The lowest BCUT2D eigenvalue weighted by atomic mass is 10.2. The summed E-state index contributed by atoms with van der Waals surface area (Å²) in [6.45, 7) is 4.39. The molecule has 1 aromatic heterocycles. The first-order valence-corrected chi connectivity index (χ1v) is 7.72. The standard InChI is InChI=1S/C16H20N6O2/c1-11(23)18-12-2-4-13(5-3-12)19-14-10-15(21-16(17)20-14)22-6-8-24-9-7-22/h2-5,10H,6-9H2,1H3,(H,18,23)(H3,17,19,20,21). The molecule has 0 spiro atoms. The number of carbonyl (C=O) groups is 1. The summed E-state index contributed by atoms with van der Waals surface area (Å²) in [6.07, 6.45) is 0. The van der Waals surface area contributed by atoms with Crippen molar-refractivity contribution in [2.24, 2.45) is 0 Å². The Morgan fingerprint density at radius 2 is 1.83 bits per heavy atom. The second-order valence-corrected chi connectivity index (χ2v) is 5.45. The van der Waals surface area contributed by atoms with E-state index in [-0.39, 0.29) is 11.9 Å². The fourth-order valence-corrected chi connectivity index (χ4v) is 2.46. The maximum Gasteiger partial charge on any atom is 0.223 e. The Kier molecular flexibility index (Phi) is 4.76. The molecule has 1 fully saturated rings. The lowest BCUT2D eigenvalue weighted by Crippen LogP contribution is -2.36. The number of anilines is 5. The van der Waals surface area contributed by atoms with Crippen LogP contribution in [0.4, 0.5) is 29.0 Å². The largest absolute Gasteiger partial charge is 0.378 e. The number of carbonyl (C=O) groups excluding carboxylic acids is 1. The molecular formula is C16H20N6O2. The molecule has 8 nitrogen and oxygen atoms in total. The van der Waals surface area contributed by atoms with Crippen molar-refractivity contribution in [1.82, 2.24) is 9.97 Å². The van der Waals surface area contributed by atoms with Crippen molar-refractivity contribution in [3.8, 4) is 0 Å². The quantitative estimate of drug-likeness (QED) is 0.782. The van der Waals surface area contributed by atoms with Gasteiger partial charge in [-0.25, -0.2) is 0 Å². The monoisotopic (exact) mass is 328 g/mol. The summed E-state index contributed by atoms with van der Waals surface area (Å²) in [6, 6.07) is 9.22. The molecule has 0 bridgehead atoms. The topological polar surface area (TPSA) is 105 Å². The van der Waals surface area contributed by atoms with Crippen molar-refractivity contribution in [1.29, 1.82) is 0 Å². The van der Waals surface area contributed by atoms with Gasteiger partial charge in [0.25, 0.3) is 0 Å². The number of hydrogen-bond donors (Lipinski definition) is 3. The summed E-state index contributed by atoms with van der Waals surface area (Å²) in [5.41, 5.74) is 7.41. The smallest absolute Gasteiger partial charge is 0.223 e. The third-order valence-electron chi connectivity index (χ3n) is 3.54. The highest BCUT2D eigenvalue weighted by Crippen LogP contribution is 2.22. The Labute approximate surface area is 140 Å². The van der Waals surface area contributed by atoms with E-state index in [1.165, 1.54) is 6.92 Å². The van der Waals surface area contributed by atoms with Crippen LogP contribution in [0.2, 0.25) is 0 Å². The molecule has 0 aliphatic carbocycles. The predicted molar refractivity (Wildman–Crippen MR) is 93.5 cm³/mol. The highest BCUT2D eigenvalue weighted by molar-refractivity contribution is 5.88. The van der Waals surface area contributed by atoms with E-state index in [0.717, 1.165) is 30.3 Å². The van der Waals surface area contributed by atoms with Gasteiger partial charge in [-0.1, -0.05) is 0 Å². The number of amides is 1. The van der Waals surface area contributed by atoms with Crippen LogP contribution in [0.15, 0.2) is 30.3 Å². The maximum atomic E-state index is 11.0. The van der Waals surface area contributed by atoms with Crippen LogP contribution in [0.5, 0.6) is 0 Å². The number of ether oxygens (including phenoxy) is 1. The van der Waals surface area contributed by atoms with Crippen molar-refractivity contribution in [2.45, 2.75) is 6.92 Å². The Morgan fingerprint density at radius 3 is 2.50 bits per heavy atom. The summed E-state index contributed by atoms with van der Waals surface area (Å²) in [5.74, 6) is 1.52. The number of morpholine rings is 1. The number of aromatic nitrogens is 2. The van der Waals surface area contributed by atoms with E-state index in [0.29, 0.717) is 19.0 Å². The molecule has 126 valence electrons. The molecule has 1 saturated heterocycles. The van der Waals surface area contributed by atoms with Crippen molar-refractivity contribution in [3.63, 3.8) is 0 Å². The number of nitrogens with zero attached hydrogens (tertiary/aromatic N) is 3. The second-order valence-electron chi connectivity index (χ2n) is 5.45. The van der Waals surface area contributed by atoms with Crippen LogP contribution in [-0.4, -0.2) is 42.2 Å². The van der Waals surface area contributed by atoms with Crippen LogP contribution >= 0.6 is 0 Å². The summed E-state index contributed by atoms with van der Waals surface area (Å²) in [7, 11) is 0. The number of hydrogen-bond acceptors (Lipinski definition) is 7. The average molecular weight is 328 g/mol. The molecule has 2 aromatic rings. The minimum atomic E-state index is -0.102. The first-order valence-electron chi connectivity index (χ1n) is 7.72. The minimum Gasteiger partial charge on any atom is -0.378 e. The minimum absolute atomic E-state index is 0.102. The third kappa shape index (κ3) is 4.11. The molecule has 1 amide bonds. The second kappa shape index (κ2) is 7.14. The van der Waals surface area contributed by atoms with E-state index in [9.17, 15) is 4.79 Å². The van der Waals surface area contributed by atoms with E-state index in [4.69, 9.17) is 10.5 Å². The van der Waals surface area contributed by atoms with Crippen molar-refractivity contribution in [3.05, 3.63) is 30.3 Å². The number of nitrogens with two attached hydrogens (primary N) is 1. The average Bonchev–Trinajstić information content (AvgIpc) is 2.56. The first kappa shape index (κ1) is 16.0. The van der Waals surface area contributed by atoms with Crippen LogP contribution in [0.1, 0.15) is 6.92 Å². The van der Waals surface area contributed by atoms with Crippen LogP contribution < -0.4 is 21.3 Å². The number of nitrogen functional groups attached to an aromatic ring is 1. The van der Waals surface area contributed by atoms with Crippen molar-refractivity contribution < 1.29 is 9.53 Å². The molecule has 1 aromatic carbocycles. The fourth-order valence-electron chi connectivity index (χ4n) is 2.46. The van der Waals surface area contributed by atoms with Gasteiger partial charge >= 0.3 is 0 Å². The summed E-state index contributed by atoms with van der Waals surface area (Å²) in [4.78, 5) is 21.7. The van der Waals surface area contributed by atoms with Gasteiger partial charge in [0.1, 0.15) is 11.6 Å². The number of nitrogens with one attached hydrogen (secondary N) is 2. The first-order chi connectivity index (χ1) is 11.6. The summed E-state index contributed by atoms with van der Waals surface area (Å²) >= 11 is 0. The van der Waals surface area contributed by atoms with Gasteiger partial charge in [-0.2, -0.15) is 9.97 Å². The van der Waals surface area contributed by atoms with E-state index in [1.54, 1.807) is 0 Å². The fraction of sp³-hybridized carbons (Fsp3) is 0.312. The van der Waals surface area contributed by atoms with Crippen LogP contribution in [0.25, 0.3) is 0 Å². The van der Waals surface area contributed by atoms with Crippen molar-refractivity contribution >= 4 is 34.9 Å². The summed E-state index contributed by atoms with van der Waals surface area (Å²) in [5, 5.41) is 5.93. The molecule has 1 aliphatic heterocycles. The van der Waals surface area contributed by atoms with Crippen LogP contribution in [-0.2, 0) is 9.53 Å². The third-order valence-corrected chi connectivity index (χ3v) is 3.54. The molecular weight excluding hydrogens is 308 g/mol. The van der Waals surface area contributed by atoms with E-state index in [1.807, 2.05) is 30.3 Å². The van der Waals surface area contributed by atoms with Crippen molar-refractivity contribution in [2.75, 3.05) is 47.6 Å². The Hall–Kier alpha value is -2.87. The molecule has 4 N–H and O–H groups in total. The molecule has 0 atom stereocenters. The van der Waals surface area contributed by atoms with Gasteiger partial charge in [0.2, 0.25) is 11.9 Å². The zero-order valence-corrected chi connectivity index (χ0v) is 13.5. The molecule has 8 heteroatoms. The van der Waals surface area contributed by atoms with Gasteiger partial charge < -0.3 is 26.0 Å². The van der Waals surface area contributed by atoms with Gasteiger partial charge in [-0.3, -0.25) is 4.79 Å². The lowest BCUT2D eigenvalue weighted by molar-refractivity contribution is -0.114. The van der Waals surface area contributed by atoms with Gasteiger partial charge in [0.05, 0.1) is 13.2 Å². The normalized spacial score (nSPS) is 14.3. The zero-order valence-electron chi connectivity index (χ0n) is 13.5. The number of rotatable bonds is 4. The van der Waals surface area contributed by atoms with Crippen LogP contribution in [0.3, 0.4) is 0 Å². The molecule has 0 saturated carbocycles. The molecule has 3 rings (SSSR count). The van der Waals surface area contributed by atoms with Gasteiger partial charge in [-0.15, -0.1) is 0 Å². The molecule has 24 heavy (non-hydrogen) atoms. The van der Waals surface area contributed by atoms with Gasteiger partial charge in [-0.05, 0) is 24.3 Å². The SMILES string of the molecule is CC(=O)Nc1ccc(Nc2cc(N3CCOCC3)nc(N)n2)cc1. The zero-order chi connectivity index (χ0) is 16.9. The highest BCUT2D eigenvalue weighted by atomic mass is 16.5. The molecule has 0 radical (unpaired) electrons. The van der Waals surface area contributed by atoms with E-state index >= 15 is 0 Å². The lowest BCUT2D eigenvalue weighted by Gasteiger charge is -2.28. The number of benzene rings is 1. The van der Waals surface area contributed by atoms with Gasteiger partial charge in [0, 0.05) is 37.5 Å². The summed E-state index contributed by atoms with van der Waals surface area (Å²) < 4.78 is 5.35.